The molecule has 1 fully saturated rings. The van der Waals surface area contributed by atoms with Gasteiger partial charge in [0.15, 0.2) is 17.3 Å². The van der Waals surface area contributed by atoms with Crippen LogP contribution in [-0.4, -0.2) is 61.2 Å². The average Bonchev–Trinajstić information content (AvgIpc) is 3.26. The highest BCUT2D eigenvalue weighted by Crippen LogP contribution is 2.29. The number of anilines is 1. The number of phenolic OH excluding ortho intramolecular Hbond substituents is 1. The first kappa shape index (κ1) is 20.4. The van der Waals surface area contributed by atoms with E-state index in [0.29, 0.717) is 18.4 Å². The van der Waals surface area contributed by atoms with Gasteiger partial charge >= 0.3 is 0 Å². The molecule has 1 aliphatic heterocycles. The molecular formula is C24H27N7O. The van der Waals surface area contributed by atoms with Crippen LogP contribution in [0.5, 0.6) is 5.75 Å². The number of nitrogens with one attached hydrogen (secondary N) is 1. The Hall–Kier alpha value is -3.52. The van der Waals surface area contributed by atoms with Crippen LogP contribution in [0.15, 0.2) is 55.1 Å². The number of hydrogen-bond donors (Lipinski definition) is 2. The zero-order valence-electron chi connectivity index (χ0n) is 18.1. The summed E-state index contributed by atoms with van der Waals surface area (Å²) in [5, 5.41) is 13.0. The molecule has 164 valence electrons. The normalized spacial score (nSPS) is 15.3. The van der Waals surface area contributed by atoms with Crippen molar-refractivity contribution in [1.82, 2.24) is 29.4 Å². The first-order valence-electron chi connectivity index (χ1n) is 11.0. The minimum Gasteiger partial charge on any atom is -0.508 e. The molecule has 2 N–H and O–H groups in total. The van der Waals surface area contributed by atoms with Gasteiger partial charge in [0.05, 0.1) is 6.33 Å². The van der Waals surface area contributed by atoms with Crippen molar-refractivity contribution in [3.8, 4) is 17.1 Å². The third-order valence-electron chi connectivity index (χ3n) is 6.07. The van der Waals surface area contributed by atoms with Gasteiger partial charge in [-0.15, -0.1) is 0 Å². The first-order valence-corrected chi connectivity index (χ1v) is 11.0. The van der Waals surface area contributed by atoms with E-state index in [0.717, 1.165) is 60.5 Å². The Labute approximate surface area is 187 Å². The number of fused-ring (bicyclic) bond motifs is 1. The molecule has 5 rings (SSSR count). The SMILES string of the molecule is CN1CCC(n2cnc3c(NCCc4ccc(O)cc4)nc(-c4cccnc4)nc32)CC1. The highest BCUT2D eigenvalue weighted by atomic mass is 16.3. The van der Waals surface area contributed by atoms with Gasteiger partial charge in [-0.3, -0.25) is 4.98 Å². The maximum atomic E-state index is 9.49. The van der Waals surface area contributed by atoms with E-state index in [1.54, 1.807) is 24.5 Å². The largest absolute Gasteiger partial charge is 0.508 e. The Morgan fingerprint density at radius 3 is 2.66 bits per heavy atom. The standard InChI is InChI=1S/C24H27N7O/c1-30-13-9-19(10-14-30)31-16-27-21-23(26-12-8-17-4-6-20(32)7-5-17)28-22(29-24(21)31)18-3-2-11-25-15-18/h2-7,11,15-16,19,32H,8-10,12-14H2,1H3,(H,26,28,29). The van der Waals surface area contributed by atoms with Gasteiger partial charge in [0.25, 0.3) is 0 Å². The van der Waals surface area contributed by atoms with Crippen LogP contribution in [0.1, 0.15) is 24.4 Å². The van der Waals surface area contributed by atoms with E-state index in [-0.39, 0.29) is 5.75 Å². The molecular weight excluding hydrogens is 402 g/mol. The number of nitrogens with zero attached hydrogens (tertiary/aromatic N) is 6. The van der Waals surface area contributed by atoms with Gasteiger partial charge < -0.3 is 19.9 Å². The number of imidazole rings is 1. The lowest BCUT2D eigenvalue weighted by atomic mass is 10.1. The molecule has 0 bridgehead atoms. The summed E-state index contributed by atoms with van der Waals surface area (Å²) in [6.45, 7) is 2.84. The molecule has 0 radical (unpaired) electrons. The van der Waals surface area contributed by atoms with E-state index in [1.165, 1.54) is 0 Å². The number of rotatable bonds is 6. The molecule has 32 heavy (non-hydrogen) atoms. The fourth-order valence-corrected chi connectivity index (χ4v) is 4.19. The Bertz CT molecular complexity index is 1180. The number of likely N-dealkylation sites (tertiary alicyclic amines) is 1. The van der Waals surface area contributed by atoms with E-state index in [4.69, 9.17) is 15.0 Å². The molecule has 0 aliphatic carbocycles. The van der Waals surface area contributed by atoms with E-state index in [9.17, 15) is 5.11 Å². The zero-order chi connectivity index (χ0) is 21.9. The van der Waals surface area contributed by atoms with E-state index in [1.807, 2.05) is 30.6 Å². The van der Waals surface area contributed by atoms with E-state index < -0.39 is 0 Å². The predicted molar refractivity (Wildman–Crippen MR) is 125 cm³/mol. The lowest BCUT2D eigenvalue weighted by molar-refractivity contribution is 0.223. The van der Waals surface area contributed by atoms with Crippen LogP contribution in [0.25, 0.3) is 22.6 Å². The van der Waals surface area contributed by atoms with Crippen LogP contribution in [0, 0.1) is 0 Å². The van der Waals surface area contributed by atoms with Crippen LogP contribution in [0.2, 0.25) is 0 Å². The van der Waals surface area contributed by atoms with Gasteiger partial charge in [0.1, 0.15) is 11.3 Å². The molecule has 0 unspecified atom stereocenters. The van der Waals surface area contributed by atoms with Crippen LogP contribution in [0.4, 0.5) is 5.82 Å². The molecule has 1 aromatic carbocycles. The number of aromatic nitrogens is 5. The number of benzene rings is 1. The Balaban J connectivity index is 1.47. The van der Waals surface area contributed by atoms with Crippen LogP contribution >= 0.6 is 0 Å². The monoisotopic (exact) mass is 429 g/mol. The van der Waals surface area contributed by atoms with Crippen molar-refractivity contribution in [3.05, 3.63) is 60.7 Å². The summed E-state index contributed by atoms with van der Waals surface area (Å²) < 4.78 is 2.22. The van der Waals surface area contributed by atoms with Gasteiger partial charge in [0, 0.05) is 30.5 Å². The zero-order valence-corrected chi connectivity index (χ0v) is 18.1. The van der Waals surface area contributed by atoms with Crippen LogP contribution < -0.4 is 5.32 Å². The second-order valence-electron chi connectivity index (χ2n) is 8.34. The minimum atomic E-state index is 0.278. The third kappa shape index (κ3) is 4.27. The highest BCUT2D eigenvalue weighted by molar-refractivity contribution is 5.85. The van der Waals surface area contributed by atoms with Gasteiger partial charge in [-0.1, -0.05) is 12.1 Å². The molecule has 0 amide bonds. The number of pyridine rings is 1. The lowest BCUT2D eigenvalue weighted by Gasteiger charge is -2.29. The van der Waals surface area contributed by atoms with Crippen LogP contribution in [-0.2, 0) is 6.42 Å². The van der Waals surface area contributed by atoms with Gasteiger partial charge in [-0.25, -0.2) is 15.0 Å². The third-order valence-corrected chi connectivity index (χ3v) is 6.07. The van der Waals surface area contributed by atoms with Crippen molar-refractivity contribution in [2.75, 3.05) is 32.0 Å². The maximum absolute atomic E-state index is 9.49. The summed E-state index contributed by atoms with van der Waals surface area (Å²) in [5.41, 5.74) is 3.68. The molecule has 4 aromatic rings. The average molecular weight is 430 g/mol. The summed E-state index contributed by atoms with van der Waals surface area (Å²) in [6, 6.07) is 11.5. The fourth-order valence-electron chi connectivity index (χ4n) is 4.19. The Morgan fingerprint density at radius 1 is 1.09 bits per heavy atom. The maximum Gasteiger partial charge on any atom is 0.166 e. The number of phenols is 1. The Kier molecular flexibility index (Phi) is 5.68. The summed E-state index contributed by atoms with van der Waals surface area (Å²) in [6.07, 6.45) is 8.42. The lowest BCUT2D eigenvalue weighted by Crippen LogP contribution is -2.31. The summed E-state index contributed by atoms with van der Waals surface area (Å²) in [7, 11) is 2.17. The quantitative estimate of drug-likeness (QED) is 0.484. The molecule has 0 atom stereocenters. The number of aromatic hydroxyl groups is 1. The molecule has 0 saturated carbocycles. The first-order chi connectivity index (χ1) is 15.7. The molecule has 4 heterocycles. The molecule has 8 nitrogen and oxygen atoms in total. The van der Waals surface area contributed by atoms with Crippen molar-refractivity contribution in [3.63, 3.8) is 0 Å². The number of hydrogen-bond acceptors (Lipinski definition) is 7. The van der Waals surface area contributed by atoms with Gasteiger partial charge in [-0.2, -0.15) is 0 Å². The second kappa shape index (κ2) is 8.92. The van der Waals surface area contributed by atoms with Crippen molar-refractivity contribution in [2.24, 2.45) is 0 Å². The molecule has 3 aromatic heterocycles. The van der Waals surface area contributed by atoms with Gasteiger partial charge in [-0.05, 0) is 69.2 Å². The second-order valence-corrected chi connectivity index (χ2v) is 8.34. The summed E-state index contributed by atoms with van der Waals surface area (Å²) in [5.74, 6) is 1.66. The van der Waals surface area contributed by atoms with Crippen molar-refractivity contribution < 1.29 is 5.11 Å². The van der Waals surface area contributed by atoms with Crippen molar-refractivity contribution in [2.45, 2.75) is 25.3 Å². The van der Waals surface area contributed by atoms with Crippen molar-refractivity contribution >= 4 is 17.0 Å². The molecule has 1 saturated heterocycles. The van der Waals surface area contributed by atoms with E-state index >= 15 is 0 Å². The highest BCUT2D eigenvalue weighted by Gasteiger charge is 2.22. The van der Waals surface area contributed by atoms with E-state index in [2.05, 4.69) is 26.8 Å². The summed E-state index contributed by atoms with van der Waals surface area (Å²) >= 11 is 0. The summed E-state index contributed by atoms with van der Waals surface area (Å²) in [4.78, 5) is 21.0. The fraction of sp³-hybridized carbons (Fsp3) is 0.333. The molecule has 1 aliphatic rings. The minimum absolute atomic E-state index is 0.278. The van der Waals surface area contributed by atoms with Crippen LogP contribution in [0.3, 0.4) is 0 Å². The molecule has 8 heteroatoms. The smallest absolute Gasteiger partial charge is 0.166 e. The predicted octanol–water partition coefficient (Wildman–Crippen LogP) is 3.52. The topological polar surface area (TPSA) is 92.0 Å². The van der Waals surface area contributed by atoms with Crippen molar-refractivity contribution in [1.29, 1.82) is 0 Å². The van der Waals surface area contributed by atoms with Gasteiger partial charge in [0.2, 0.25) is 0 Å². The Morgan fingerprint density at radius 2 is 1.91 bits per heavy atom. The molecule has 0 spiro atoms. The number of piperidine rings is 1.